The van der Waals surface area contributed by atoms with Gasteiger partial charge in [-0.3, -0.25) is 15.0 Å². The molecule has 1 atom stereocenters. The molecule has 236 valence electrons. The highest BCUT2D eigenvalue weighted by Gasteiger charge is 2.40. The second-order valence-corrected chi connectivity index (χ2v) is 11.5. The topological polar surface area (TPSA) is 117 Å². The lowest BCUT2D eigenvalue weighted by molar-refractivity contribution is -0.118. The summed E-state index contributed by atoms with van der Waals surface area (Å²) in [5.41, 5.74) is 6.61. The van der Waals surface area contributed by atoms with Gasteiger partial charge in [-0.2, -0.15) is 10.2 Å². The number of halogens is 3. The molecule has 1 aliphatic heterocycles. The monoisotopic (exact) mass is 678 g/mol. The number of rotatable bonds is 10. The van der Waals surface area contributed by atoms with E-state index in [1.165, 1.54) is 12.1 Å². The van der Waals surface area contributed by atoms with Crippen molar-refractivity contribution in [1.29, 1.82) is 0 Å². The van der Waals surface area contributed by atoms with Crippen LogP contribution in [0.25, 0.3) is 0 Å². The van der Waals surface area contributed by atoms with Gasteiger partial charge in [0, 0.05) is 10.7 Å². The summed E-state index contributed by atoms with van der Waals surface area (Å²) in [5, 5.41) is 13.2. The highest BCUT2D eigenvalue weighted by molar-refractivity contribution is 6.43. The summed E-state index contributed by atoms with van der Waals surface area (Å²) in [6, 6.07) is 21.3. The first-order valence-corrected chi connectivity index (χ1v) is 15.3. The van der Waals surface area contributed by atoms with Gasteiger partial charge in [-0.15, -0.1) is 0 Å². The van der Waals surface area contributed by atoms with Gasteiger partial charge in [-0.1, -0.05) is 58.6 Å². The Morgan fingerprint density at radius 2 is 1.67 bits per heavy atom. The van der Waals surface area contributed by atoms with Gasteiger partial charge in [0.05, 0.1) is 28.0 Å². The summed E-state index contributed by atoms with van der Waals surface area (Å²) in [6.07, 6.45) is 0. The van der Waals surface area contributed by atoms with Crippen molar-refractivity contribution >= 4 is 75.2 Å². The summed E-state index contributed by atoms with van der Waals surface area (Å²) in [4.78, 5) is 31.0. The van der Waals surface area contributed by atoms with E-state index in [4.69, 9.17) is 44.3 Å². The first kappa shape index (κ1) is 32.7. The number of ether oxygens (including phenoxy) is 2. The van der Waals surface area contributed by atoms with Gasteiger partial charge in [0.15, 0.2) is 12.4 Å². The summed E-state index contributed by atoms with van der Waals surface area (Å²) in [6.45, 7) is 6.16. The Morgan fingerprint density at radius 1 is 0.935 bits per heavy atom. The molecule has 0 bridgehead atoms. The van der Waals surface area contributed by atoms with Crippen LogP contribution in [-0.2, 0) is 9.59 Å². The van der Waals surface area contributed by atoms with Gasteiger partial charge in [-0.05, 0) is 87.0 Å². The summed E-state index contributed by atoms with van der Waals surface area (Å²) >= 11 is 19.0. The van der Waals surface area contributed by atoms with E-state index < -0.39 is 11.9 Å². The average molecular weight is 680 g/mol. The number of azo groups is 1. The lowest BCUT2D eigenvalue weighted by Gasteiger charge is -2.19. The quantitative estimate of drug-likeness (QED) is 0.163. The molecule has 5 rings (SSSR count). The van der Waals surface area contributed by atoms with Crippen LogP contribution in [0.5, 0.6) is 11.5 Å². The number of aliphatic imine (C=N–C) groups is 1. The maximum Gasteiger partial charge on any atom is 0.280 e. The molecule has 0 saturated carbocycles. The number of hydrazine groups is 1. The number of nitrogens with zero attached hydrogens (tertiary/aromatic N) is 4. The van der Waals surface area contributed by atoms with E-state index in [2.05, 4.69) is 26.0 Å². The summed E-state index contributed by atoms with van der Waals surface area (Å²) < 4.78 is 11.2. The van der Waals surface area contributed by atoms with Crippen LogP contribution in [0.2, 0.25) is 15.1 Å². The molecule has 1 aliphatic rings. The molecular formula is C33H29Cl3N6O4. The maximum absolute atomic E-state index is 13.7. The molecule has 0 aromatic heterocycles. The van der Waals surface area contributed by atoms with Crippen LogP contribution >= 0.6 is 34.8 Å². The van der Waals surface area contributed by atoms with Gasteiger partial charge in [0.1, 0.15) is 17.2 Å². The first-order valence-electron chi connectivity index (χ1n) is 14.2. The van der Waals surface area contributed by atoms with Gasteiger partial charge in [0.2, 0.25) is 6.04 Å². The zero-order valence-corrected chi connectivity index (χ0v) is 27.3. The smallest absolute Gasteiger partial charge is 0.280 e. The van der Waals surface area contributed by atoms with Crippen molar-refractivity contribution in [3.63, 3.8) is 0 Å². The Bertz CT molecular complexity index is 1810. The lowest BCUT2D eigenvalue weighted by Crippen LogP contribution is -2.36. The van der Waals surface area contributed by atoms with Crippen LogP contribution in [-0.4, -0.2) is 36.9 Å². The van der Waals surface area contributed by atoms with Crippen molar-refractivity contribution < 1.29 is 19.1 Å². The van der Waals surface area contributed by atoms with Crippen molar-refractivity contribution in [3.8, 4) is 11.5 Å². The van der Waals surface area contributed by atoms with E-state index in [0.717, 1.165) is 16.1 Å². The van der Waals surface area contributed by atoms with Crippen LogP contribution in [0.3, 0.4) is 0 Å². The van der Waals surface area contributed by atoms with E-state index >= 15 is 0 Å². The van der Waals surface area contributed by atoms with Crippen LogP contribution in [0.1, 0.15) is 18.1 Å². The van der Waals surface area contributed by atoms with Crippen LogP contribution < -0.4 is 25.2 Å². The number of amidine groups is 1. The molecule has 0 aliphatic carbocycles. The average Bonchev–Trinajstić information content (AvgIpc) is 3.30. The van der Waals surface area contributed by atoms with Crippen LogP contribution in [0, 0.1) is 13.8 Å². The van der Waals surface area contributed by atoms with E-state index in [1.54, 1.807) is 48.5 Å². The molecule has 4 aromatic rings. The summed E-state index contributed by atoms with van der Waals surface area (Å²) in [5.74, 6) is 0.605. The van der Waals surface area contributed by atoms with Gasteiger partial charge < -0.3 is 14.8 Å². The molecule has 2 N–H and O–H groups in total. The third-order valence-electron chi connectivity index (χ3n) is 6.65. The molecule has 46 heavy (non-hydrogen) atoms. The number of nitrogens with one attached hydrogen (secondary N) is 2. The fraction of sp³-hybridized carbons (Fsp3) is 0.182. The number of hydrogen-bond acceptors (Lipinski definition) is 7. The van der Waals surface area contributed by atoms with Crippen molar-refractivity contribution in [3.05, 3.63) is 105 Å². The Labute approximate surface area is 281 Å². The molecule has 0 spiro atoms. The fourth-order valence-corrected chi connectivity index (χ4v) is 5.55. The standard InChI is InChI=1S/C33H29Cl3N6O4/c1-4-45-25-11-9-22(10-12-25)39-40-30-32(41-42(33(30)44)31-26(35)15-21(34)16-27(31)36)38-24-7-5-6-23(17-24)37-29(43)18-46-28-13-8-19(2)14-20(28)3/h5-17,30H,4,18H2,1-3H3,(H,37,43)(H,38,41). The minimum Gasteiger partial charge on any atom is -0.494 e. The molecular weight excluding hydrogens is 651 g/mol. The zero-order chi connectivity index (χ0) is 32.8. The largest absolute Gasteiger partial charge is 0.494 e. The van der Waals surface area contributed by atoms with E-state index in [9.17, 15) is 9.59 Å². The number of carbonyl (C=O) groups is 2. The van der Waals surface area contributed by atoms with Crippen molar-refractivity contribution in [2.45, 2.75) is 26.8 Å². The minimum atomic E-state index is -1.17. The fourth-order valence-electron chi connectivity index (χ4n) is 4.57. The molecule has 4 aromatic carbocycles. The molecule has 1 fully saturated rings. The van der Waals surface area contributed by atoms with Gasteiger partial charge >= 0.3 is 0 Å². The van der Waals surface area contributed by atoms with Crippen LogP contribution in [0.4, 0.5) is 22.7 Å². The molecule has 10 nitrogen and oxygen atoms in total. The van der Waals surface area contributed by atoms with Crippen molar-refractivity contribution in [2.24, 2.45) is 15.2 Å². The second kappa shape index (κ2) is 14.6. The van der Waals surface area contributed by atoms with Crippen molar-refractivity contribution in [1.82, 2.24) is 5.43 Å². The highest BCUT2D eigenvalue weighted by Crippen LogP contribution is 2.38. The molecule has 1 heterocycles. The number of aryl methyl sites for hydroxylation is 2. The SMILES string of the molecule is CCOc1ccc(N=NC2C(=O)N(c3c(Cl)cc(Cl)cc3Cl)NC2=Nc2cccc(NC(=O)COc3ccc(C)cc3C)c2)cc1. The van der Waals surface area contributed by atoms with E-state index in [1.807, 2.05) is 39.0 Å². The minimum absolute atomic E-state index is 0.148. The first-order chi connectivity index (χ1) is 22.1. The Kier molecular flexibility index (Phi) is 10.4. The van der Waals surface area contributed by atoms with Gasteiger partial charge in [-0.25, -0.2) is 10.0 Å². The maximum atomic E-state index is 13.7. The number of carbonyl (C=O) groups excluding carboxylic acids is 2. The number of hydrogen-bond donors (Lipinski definition) is 2. The third-order valence-corrected chi connectivity index (χ3v) is 7.44. The number of anilines is 2. The normalized spacial score (nSPS) is 15.3. The molecule has 13 heteroatoms. The van der Waals surface area contributed by atoms with E-state index in [-0.39, 0.29) is 34.1 Å². The van der Waals surface area contributed by atoms with Crippen molar-refractivity contribution in [2.75, 3.05) is 23.5 Å². The second-order valence-electron chi connectivity index (χ2n) is 10.2. The molecule has 2 amide bonds. The third kappa shape index (κ3) is 7.95. The highest BCUT2D eigenvalue weighted by atomic mass is 35.5. The Morgan fingerprint density at radius 3 is 2.37 bits per heavy atom. The predicted octanol–water partition coefficient (Wildman–Crippen LogP) is 8.41. The molecule has 1 saturated heterocycles. The molecule has 0 radical (unpaired) electrons. The zero-order valence-electron chi connectivity index (χ0n) is 25.1. The number of amides is 2. The number of benzene rings is 4. The Balaban J connectivity index is 1.39. The van der Waals surface area contributed by atoms with Crippen LogP contribution in [0.15, 0.2) is 94.1 Å². The lowest BCUT2D eigenvalue weighted by atomic mass is 10.1. The van der Waals surface area contributed by atoms with Gasteiger partial charge in [0.25, 0.3) is 11.8 Å². The summed E-state index contributed by atoms with van der Waals surface area (Å²) in [7, 11) is 0. The Hall–Kier alpha value is -4.64. The molecule has 1 unspecified atom stereocenters. The predicted molar refractivity (Wildman–Crippen MR) is 182 cm³/mol. The van der Waals surface area contributed by atoms with E-state index in [0.29, 0.717) is 40.2 Å².